The van der Waals surface area contributed by atoms with Crippen LogP contribution < -0.4 is 10.9 Å². The van der Waals surface area contributed by atoms with Crippen LogP contribution in [0.25, 0.3) is 16.6 Å². The maximum atomic E-state index is 13.9. The molecule has 0 bridgehead atoms. The Balaban J connectivity index is 1.82. The van der Waals surface area contributed by atoms with Crippen LogP contribution in [0.4, 0.5) is 8.78 Å². The summed E-state index contributed by atoms with van der Waals surface area (Å²) in [6, 6.07) is 16.6. The number of thioether (sulfide) groups is 1. The third kappa shape index (κ3) is 5.12. The number of nitrogens with one attached hydrogen (secondary N) is 1. The molecule has 0 unspecified atom stereocenters. The molecule has 0 saturated carbocycles. The SMILES string of the molecule is CCCNC(=O)c1ccc2c(=O)n(-c3cccc(F)c3)c(SCc3cccc(F)c3)nc2c1. The molecule has 0 spiro atoms. The molecule has 8 heteroatoms. The quantitative estimate of drug-likeness (QED) is 0.305. The van der Waals surface area contributed by atoms with E-state index in [9.17, 15) is 18.4 Å². The van der Waals surface area contributed by atoms with Crippen molar-refractivity contribution in [3.63, 3.8) is 0 Å². The summed E-state index contributed by atoms with van der Waals surface area (Å²) in [4.78, 5) is 30.4. The molecule has 0 aliphatic carbocycles. The first kappa shape index (κ1) is 22.7. The van der Waals surface area contributed by atoms with Crippen molar-refractivity contribution < 1.29 is 13.6 Å². The highest BCUT2D eigenvalue weighted by molar-refractivity contribution is 7.98. The standard InChI is InChI=1S/C25H21F2N3O2S/c1-2-11-28-23(31)17-9-10-21-22(13-17)29-25(33-15-16-5-3-6-18(26)12-16)30(24(21)32)20-8-4-7-19(27)14-20/h3-10,12-14H,2,11,15H2,1H3,(H,28,31). The number of benzene rings is 3. The Morgan fingerprint density at radius 2 is 1.79 bits per heavy atom. The second kappa shape index (κ2) is 9.95. The van der Waals surface area contributed by atoms with E-state index in [1.165, 1.54) is 46.7 Å². The van der Waals surface area contributed by atoms with Crippen molar-refractivity contribution in [3.05, 3.63) is 99.8 Å². The minimum Gasteiger partial charge on any atom is -0.352 e. The van der Waals surface area contributed by atoms with E-state index in [0.29, 0.717) is 45.2 Å². The summed E-state index contributed by atoms with van der Waals surface area (Å²) in [6.07, 6.45) is 0.802. The van der Waals surface area contributed by atoms with Gasteiger partial charge in [0, 0.05) is 17.9 Å². The summed E-state index contributed by atoms with van der Waals surface area (Å²) in [5, 5.41) is 3.43. The van der Waals surface area contributed by atoms with Crippen LogP contribution in [0.15, 0.2) is 76.7 Å². The molecule has 5 nitrogen and oxygen atoms in total. The van der Waals surface area contributed by atoms with Gasteiger partial charge in [-0.1, -0.05) is 36.9 Å². The lowest BCUT2D eigenvalue weighted by Crippen LogP contribution is -2.25. The highest BCUT2D eigenvalue weighted by atomic mass is 32.2. The predicted octanol–water partition coefficient (Wildman–Crippen LogP) is 5.10. The van der Waals surface area contributed by atoms with Gasteiger partial charge in [0.1, 0.15) is 11.6 Å². The van der Waals surface area contributed by atoms with Crippen molar-refractivity contribution >= 4 is 28.6 Å². The zero-order chi connectivity index (χ0) is 23.4. The minimum atomic E-state index is -0.483. The molecule has 4 rings (SSSR count). The number of amides is 1. The molecule has 0 saturated heterocycles. The highest BCUT2D eigenvalue weighted by Gasteiger charge is 2.16. The van der Waals surface area contributed by atoms with Crippen molar-refractivity contribution in [1.29, 1.82) is 0 Å². The molecule has 4 aromatic rings. The van der Waals surface area contributed by atoms with Gasteiger partial charge >= 0.3 is 0 Å². The Morgan fingerprint density at radius 1 is 1.03 bits per heavy atom. The Morgan fingerprint density at radius 3 is 2.52 bits per heavy atom. The summed E-state index contributed by atoms with van der Waals surface area (Å²) in [6.45, 7) is 2.50. The van der Waals surface area contributed by atoms with E-state index in [1.807, 2.05) is 6.92 Å². The fraction of sp³-hybridized carbons (Fsp3) is 0.160. The molecule has 1 aromatic heterocycles. The monoisotopic (exact) mass is 465 g/mol. The molecule has 168 valence electrons. The molecule has 3 aromatic carbocycles. The largest absolute Gasteiger partial charge is 0.352 e. The zero-order valence-corrected chi connectivity index (χ0v) is 18.7. The van der Waals surface area contributed by atoms with Crippen LogP contribution in [-0.2, 0) is 5.75 Å². The van der Waals surface area contributed by atoms with Crippen LogP contribution in [0.1, 0.15) is 29.3 Å². The molecule has 0 aliphatic rings. The number of carbonyl (C=O) groups excluding carboxylic acids is 1. The number of rotatable bonds is 7. The second-order valence-electron chi connectivity index (χ2n) is 7.42. The molecule has 0 radical (unpaired) electrons. The average molecular weight is 466 g/mol. The Hall–Kier alpha value is -3.52. The Labute approximate surface area is 193 Å². The first-order valence-corrected chi connectivity index (χ1v) is 11.4. The molecule has 0 fully saturated rings. The average Bonchev–Trinajstić information content (AvgIpc) is 2.81. The first-order valence-electron chi connectivity index (χ1n) is 10.4. The normalized spacial score (nSPS) is 11.0. The third-order valence-electron chi connectivity index (χ3n) is 4.96. The second-order valence-corrected chi connectivity index (χ2v) is 8.36. The first-order chi connectivity index (χ1) is 16.0. The highest BCUT2D eigenvalue weighted by Crippen LogP contribution is 2.25. The minimum absolute atomic E-state index is 0.246. The lowest BCUT2D eigenvalue weighted by atomic mass is 10.1. The number of hydrogen-bond acceptors (Lipinski definition) is 4. The number of aromatic nitrogens is 2. The van der Waals surface area contributed by atoms with E-state index >= 15 is 0 Å². The van der Waals surface area contributed by atoms with Gasteiger partial charge in [0.2, 0.25) is 0 Å². The summed E-state index contributed by atoms with van der Waals surface area (Å²) in [5.74, 6) is -0.737. The maximum absolute atomic E-state index is 13.9. The van der Waals surface area contributed by atoms with Crippen LogP contribution in [0.5, 0.6) is 0 Å². The van der Waals surface area contributed by atoms with Gasteiger partial charge in [-0.25, -0.2) is 13.8 Å². The van der Waals surface area contributed by atoms with E-state index in [-0.39, 0.29) is 17.3 Å². The number of carbonyl (C=O) groups is 1. The molecule has 1 N–H and O–H groups in total. The Bertz CT molecular complexity index is 1390. The lowest BCUT2D eigenvalue weighted by Gasteiger charge is -2.14. The van der Waals surface area contributed by atoms with Crippen molar-refractivity contribution in [2.45, 2.75) is 24.3 Å². The maximum Gasteiger partial charge on any atom is 0.266 e. The molecule has 0 aliphatic heterocycles. The fourth-order valence-corrected chi connectivity index (χ4v) is 4.32. The molecular formula is C25H21F2N3O2S. The summed E-state index contributed by atoms with van der Waals surface area (Å²) in [7, 11) is 0. The van der Waals surface area contributed by atoms with E-state index in [2.05, 4.69) is 10.3 Å². The molecule has 1 amide bonds. The molecule has 1 heterocycles. The van der Waals surface area contributed by atoms with Gasteiger partial charge in [-0.15, -0.1) is 0 Å². The van der Waals surface area contributed by atoms with E-state index < -0.39 is 5.82 Å². The smallest absolute Gasteiger partial charge is 0.266 e. The van der Waals surface area contributed by atoms with Gasteiger partial charge in [0.25, 0.3) is 11.5 Å². The molecule has 0 atom stereocenters. The van der Waals surface area contributed by atoms with E-state index in [1.54, 1.807) is 36.4 Å². The summed E-state index contributed by atoms with van der Waals surface area (Å²) >= 11 is 1.23. The number of halogens is 2. The van der Waals surface area contributed by atoms with E-state index in [4.69, 9.17) is 0 Å². The summed E-state index contributed by atoms with van der Waals surface area (Å²) in [5.41, 5.74) is 1.42. The molecular weight excluding hydrogens is 444 g/mol. The lowest BCUT2D eigenvalue weighted by molar-refractivity contribution is 0.0953. The van der Waals surface area contributed by atoms with Crippen LogP contribution in [0.3, 0.4) is 0 Å². The number of fused-ring (bicyclic) bond motifs is 1. The van der Waals surface area contributed by atoms with Gasteiger partial charge in [-0.05, 0) is 60.5 Å². The predicted molar refractivity (Wildman–Crippen MR) is 126 cm³/mol. The van der Waals surface area contributed by atoms with Gasteiger partial charge in [0.05, 0.1) is 16.6 Å². The van der Waals surface area contributed by atoms with Crippen molar-refractivity contribution in [2.75, 3.05) is 6.54 Å². The van der Waals surface area contributed by atoms with E-state index in [0.717, 1.165) is 6.42 Å². The van der Waals surface area contributed by atoms with Gasteiger partial charge < -0.3 is 5.32 Å². The topological polar surface area (TPSA) is 64.0 Å². The van der Waals surface area contributed by atoms with Crippen LogP contribution in [0.2, 0.25) is 0 Å². The van der Waals surface area contributed by atoms with Gasteiger partial charge in [0.15, 0.2) is 5.16 Å². The zero-order valence-electron chi connectivity index (χ0n) is 17.8. The van der Waals surface area contributed by atoms with Crippen molar-refractivity contribution in [1.82, 2.24) is 14.9 Å². The van der Waals surface area contributed by atoms with Gasteiger partial charge in [-0.2, -0.15) is 0 Å². The number of hydrogen-bond donors (Lipinski definition) is 1. The fourth-order valence-electron chi connectivity index (χ4n) is 3.36. The van der Waals surface area contributed by atoms with Crippen LogP contribution in [0, 0.1) is 11.6 Å². The third-order valence-corrected chi connectivity index (χ3v) is 5.97. The molecule has 33 heavy (non-hydrogen) atoms. The number of nitrogens with zero attached hydrogens (tertiary/aromatic N) is 2. The van der Waals surface area contributed by atoms with Crippen molar-refractivity contribution in [3.8, 4) is 5.69 Å². The van der Waals surface area contributed by atoms with Crippen molar-refractivity contribution in [2.24, 2.45) is 0 Å². The van der Waals surface area contributed by atoms with Crippen LogP contribution in [-0.4, -0.2) is 22.0 Å². The summed E-state index contributed by atoms with van der Waals surface area (Å²) < 4.78 is 28.9. The Kier molecular flexibility index (Phi) is 6.84. The van der Waals surface area contributed by atoms with Gasteiger partial charge in [-0.3, -0.25) is 14.2 Å². The van der Waals surface area contributed by atoms with Crippen LogP contribution >= 0.6 is 11.8 Å².